The molecule has 2 rings (SSSR count). The van der Waals surface area contributed by atoms with E-state index in [-0.39, 0.29) is 5.82 Å². The fourth-order valence-electron chi connectivity index (χ4n) is 1.74. The lowest BCUT2D eigenvalue weighted by Gasteiger charge is -2.13. The summed E-state index contributed by atoms with van der Waals surface area (Å²) in [5.74, 6) is 0.591. The van der Waals surface area contributed by atoms with Gasteiger partial charge in [-0.15, -0.1) is 0 Å². The second-order valence-corrected chi connectivity index (χ2v) is 5.29. The fourth-order valence-corrected chi connectivity index (χ4v) is 2.31. The molecular weight excluding hydrogens is 285 g/mol. The summed E-state index contributed by atoms with van der Waals surface area (Å²) in [4.78, 5) is 0. The monoisotopic (exact) mass is 301 g/mol. The molecule has 0 heterocycles. The van der Waals surface area contributed by atoms with E-state index in [1.165, 1.54) is 6.07 Å². The van der Waals surface area contributed by atoms with Crippen molar-refractivity contribution in [3.8, 4) is 5.75 Å². The number of halogens is 2. The number of aryl methyl sites for hydroxylation is 1. The van der Waals surface area contributed by atoms with Crippen LogP contribution >= 0.6 is 15.9 Å². The number of unbranched alkanes of at least 4 members (excludes halogenated alkanes) is 1. The van der Waals surface area contributed by atoms with E-state index in [4.69, 9.17) is 10.5 Å². The summed E-state index contributed by atoms with van der Waals surface area (Å²) in [7, 11) is 0. The summed E-state index contributed by atoms with van der Waals surface area (Å²) in [5, 5.41) is 0. The Labute approximate surface area is 109 Å². The smallest absolute Gasteiger partial charge is 0.137 e. The van der Waals surface area contributed by atoms with Gasteiger partial charge in [0.1, 0.15) is 11.6 Å². The van der Waals surface area contributed by atoms with Crippen LogP contribution < -0.4 is 10.5 Å². The van der Waals surface area contributed by atoms with Crippen LogP contribution in [0.5, 0.6) is 5.75 Å². The zero-order valence-electron chi connectivity index (χ0n) is 9.72. The van der Waals surface area contributed by atoms with Gasteiger partial charge in [-0.2, -0.15) is 0 Å². The highest BCUT2D eigenvalue weighted by molar-refractivity contribution is 9.10. The molecule has 0 unspecified atom stereocenters. The van der Waals surface area contributed by atoms with Gasteiger partial charge in [-0.25, -0.2) is 4.39 Å². The third kappa shape index (κ3) is 3.68. The Bertz CT molecular complexity index is 393. The molecule has 1 aromatic rings. The molecule has 0 saturated heterocycles. The van der Waals surface area contributed by atoms with Gasteiger partial charge in [0.15, 0.2) is 0 Å². The van der Waals surface area contributed by atoms with Gasteiger partial charge < -0.3 is 10.5 Å². The van der Waals surface area contributed by atoms with Crippen molar-refractivity contribution in [3.05, 3.63) is 28.0 Å². The standard InChI is InChI=1S/C13H17BrFNO/c14-12-8-10(15)7-9(3-1-2-6-16)13(12)17-11-4-5-11/h7-8,11H,1-6,16H2. The first-order valence-electron chi connectivity index (χ1n) is 6.05. The number of hydrogen-bond donors (Lipinski definition) is 1. The topological polar surface area (TPSA) is 35.2 Å². The molecule has 1 saturated carbocycles. The first-order valence-corrected chi connectivity index (χ1v) is 6.84. The Hall–Kier alpha value is -0.610. The fraction of sp³-hybridized carbons (Fsp3) is 0.538. The predicted molar refractivity (Wildman–Crippen MR) is 69.7 cm³/mol. The van der Waals surface area contributed by atoms with Gasteiger partial charge in [-0.05, 0) is 72.3 Å². The molecule has 1 aromatic carbocycles. The van der Waals surface area contributed by atoms with E-state index >= 15 is 0 Å². The first-order chi connectivity index (χ1) is 8.20. The summed E-state index contributed by atoms with van der Waals surface area (Å²) in [5.41, 5.74) is 6.41. The molecule has 0 atom stereocenters. The van der Waals surface area contributed by atoms with Crippen LogP contribution in [0.2, 0.25) is 0 Å². The largest absolute Gasteiger partial charge is 0.489 e. The lowest BCUT2D eigenvalue weighted by atomic mass is 10.1. The van der Waals surface area contributed by atoms with Crippen molar-refractivity contribution >= 4 is 15.9 Å². The molecule has 0 spiro atoms. The van der Waals surface area contributed by atoms with Crippen LogP contribution in [-0.4, -0.2) is 12.6 Å². The minimum atomic E-state index is -0.220. The Morgan fingerprint density at radius 2 is 2.12 bits per heavy atom. The number of rotatable bonds is 6. The Balaban J connectivity index is 2.13. The van der Waals surface area contributed by atoms with Crippen molar-refractivity contribution in [1.29, 1.82) is 0 Å². The van der Waals surface area contributed by atoms with Crippen LogP contribution in [0, 0.1) is 5.82 Å². The van der Waals surface area contributed by atoms with E-state index in [1.807, 2.05) is 0 Å². The van der Waals surface area contributed by atoms with Crippen LogP contribution in [-0.2, 0) is 6.42 Å². The Morgan fingerprint density at radius 1 is 1.35 bits per heavy atom. The molecule has 94 valence electrons. The van der Waals surface area contributed by atoms with Gasteiger partial charge in [0, 0.05) is 0 Å². The third-order valence-corrected chi connectivity index (χ3v) is 3.38. The summed E-state index contributed by atoms with van der Waals surface area (Å²) in [6.45, 7) is 0.676. The van der Waals surface area contributed by atoms with Crippen LogP contribution in [0.3, 0.4) is 0 Å². The predicted octanol–water partition coefficient (Wildman–Crippen LogP) is 3.41. The molecule has 2 nitrogen and oxygen atoms in total. The summed E-state index contributed by atoms with van der Waals surface area (Å²) >= 11 is 3.37. The van der Waals surface area contributed by atoms with Gasteiger partial charge >= 0.3 is 0 Å². The van der Waals surface area contributed by atoms with Crippen molar-refractivity contribution < 1.29 is 9.13 Å². The number of ether oxygens (including phenoxy) is 1. The SMILES string of the molecule is NCCCCc1cc(F)cc(Br)c1OC1CC1. The molecule has 0 radical (unpaired) electrons. The maximum Gasteiger partial charge on any atom is 0.137 e. The molecule has 0 aromatic heterocycles. The lowest BCUT2D eigenvalue weighted by molar-refractivity contribution is 0.297. The summed E-state index contributed by atoms with van der Waals surface area (Å²) in [6.07, 6.45) is 5.27. The molecule has 0 aliphatic heterocycles. The normalized spacial score (nSPS) is 15.0. The van der Waals surface area contributed by atoms with E-state index in [0.717, 1.165) is 43.4 Å². The average molecular weight is 302 g/mol. The highest BCUT2D eigenvalue weighted by atomic mass is 79.9. The second-order valence-electron chi connectivity index (χ2n) is 4.44. The van der Waals surface area contributed by atoms with Crippen LogP contribution in [0.4, 0.5) is 4.39 Å². The minimum Gasteiger partial charge on any atom is -0.489 e. The van der Waals surface area contributed by atoms with E-state index < -0.39 is 0 Å². The molecule has 17 heavy (non-hydrogen) atoms. The van der Waals surface area contributed by atoms with Gasteiger partial charge in [0.25, 0.3) is 0 Å². The number of hydrogen-bond acceptors (Lipinski definition) is 2. The molecular formula is C13H17BrFNO. The number of benzene rings is 1. The third-order valence-electron chi connectivity index (χ3n) is 2.79. The lowest BCUT2D eigenvalue weighted by Crippen LogP contribution is -2.03. The molecule has 4 heteroatoms. The van der Waals surface area contributed by atoms with Crippen LogP contribution in [0.15, 0.2) is 16.6 Å². The van der Waals surface area contributed by atoms with E-state index in [1.54, 1.807) is 6.07 Å². The molecule has 1 aliphatic rings. The van der Waals surface area contributed by atoms with Gasteiger partial charge in [-0.1, -0.05) is 0 Å². The maximum absolute atomic E-state index is 13.4. The van der Waals surface area contributed by atoms with Gasteiger partial charge in [0.2, 0.25) is 0 Å². The van der Waals surface area contributed by atoms with E-state index in [0.29, 0.717) is 17.1 Å². The Kier molecular flexibility index (Phi) is 4.40. The van der Waals surface area contributed by atoms with Crippen molar-refractivity contribution in [2.75, 3.05) is 6.54 Å². The molecule has 1 fully saturated rings. The van der Waals surface area contributed by atoms with Crippen molar-refractivity contribution in [2.24, 2.45) is 5.73 Å². The first kappa shape index (κ1) is 12.8. The van der Waals surface area contributed by atoms with Gasteiger partial charge in [0.05, 0.1) is 10.6 Å². The van der Waals surface area contributed by atoms with Crippen LogP contribution in [0.25, 0.3) is 0 Å². The van der Waals surface area contributed by atoms with Gasteiger partial charge in [-0.3, -0.25) is 0 Å². The number of nitrogens with two attached hydrogens (primary N) is 1. The summed E-state index contributed by atoms with van der Waals surface area (Å²) in [6, 6.07) is 3.03. The molecule has 2 N–H and O–H groups in total. The van der Waals surface area contributed by atoms with Crippen molar-refractivity contribution in [2.45, 2.75) is 38.2 Å². The molecule has 0 bridgehead atoms. The Morgan fingerprint density at radius 3 is 2.76 bits per heavy atom. The zero-order valence-corrected chi connectivity index (χ0v) is 11.3. The minimum absolute atomic E-state index is 0.220. The summed E-state index contributed by atoms with van der Waals surface area (Å²) < 4.78 is 19.9. The van der Waals surface area contributed by atoms with E-state index in [2.05, 4.69) is 15.9 Å². The second kappa shape index (κ2) is 5.83. The zero-order chi connectivity index (χ0) is 12.3. The molecule has 0 amide bonds. The highest BCUT2D eigenvalue weighted by Gasteiger charge is 2.25. The van der Waals surface area contributed by atoms with E-state index in [9.17, 15) is 4.39 Å². The quantitative estimate of drug-likeness (QED) is 0.817. The van der Waals surface area contributed by atoms with Crippen molar-refractivity contribution in [3.63, 3.8) is 0 Å². The van der Waals surface area contributed by atoms with Crippen molar-refractivity contribution in [1.82, 2.24) is 0 Å². The molecule has 1 aliphatic carbocycles. The maximum atomic E-state index is 13.4. The average Bonchev–Trinajstić information content (AvgIpc) is 3.07. The highest BCUT2D eigenvalue weighted by Crippen LogP contribution is 2.36. The van der Waals surface area contributed by atoms with Crippen LogP contribution in [0.1, 0.15) is 31.2 Å².